The number of hydrogen-bond donors (Lipinski definition) is 1. The molecule has 0 spiro atoms. The summed E-state index contributed by atoms with van der Waals surface area (Å²) in [7, 11) is 0. The maximum atomic E-state index is 4.42. The molecule has 1 N–H and O–H groups in total. The Morgan fingerprint density at radius 3 is 2.94 bits per heavy atom. The van der Waals surface area contributed by atoms with Crippen molar-refractivity contribution in [1.29, 1.82) is 0 Å². The van der Waals surface area contributed by atoms with Crippen molar-refractivity contribution in [3.05, 3.63) is 54.4 Å². The minimum Gasteiger partial charge on any atom is -0.264 e. The second-order valence-electron chi connectivity index (χ2n) is 3.64. The quantitative estimate of drug-likeness (QED) is 0.577. The van der Waals surface area contributed by atoms with Gasteiger partial charge in [0, 0.05) is 18.0 Å². The number of aromatic nitrogens is 2. The molecular weight excluding hydrogens is 244 g/mol. The molecule has 0 atom stereocenters. The first kappa shape index (κ1) is 10.9. The highest BCUT2D eigenvalue weighted by atomic mass is 32.1. The topological polar surface area (TPSA) is 50.2 Å². The Hall–Kier alpha value is -2.27. The molecule has 0 unspecified atom stereocenters. The van der Waals surface area contributed by atoms with Crippen LogP contribution >= 0.6 is 11.3 Å². The molecule has 0 saturated heterocycles. The number of hydrazone groups is 1. The second kappa shape index (κ2) is 4.93. The molecule has 88 valence electrons. The van der Waals surface area contributed by atoms with Crippen LogP contribution in [0.3, 0.4) is 0 Å². The first-order valence-electron chi connectivity index (χ1n) is 5.46. The molecule has 18 heavy (non-hydrogen) atoms. The number of nitrogens with one attached hydrogen (secondary N) is 1. The summed E-state index contributed by atoms with van der Waals surface area (Å²) in [5, 5.41) is 4.93. The van der Waals surface area contributed by atoms with Gasteiger partial charge in [0.15, 0.2) is 0 Å². The van der Waals surface area contributed by atoms with Crippen molar-refractivity contribution < 1.29 is 0 Å². The summed E-state index contributed by atoms with van der Waals surface area (Å²) in [6, 6.07) is 11.8. The molecule has 0 amide bonds. The molecule has 3 rings (SSSR count). The van der Waals surface area contributed by atoms with Crippen molar-refractivity contribution in [1.82, 2.24) is 9.97 Å². The predicted molar refractivity (Wildman–Crippen MR) is 75.1 cm³/mol. The molecule has 0 radical (unpaired) electrons. The van der Waals surface area contributed by atoms with E-state index in [1.54, 1.807) is 29.9 Å². The van der Waals surface area contributed by atoms with Crippen molar-refractivity contribution in [3.63, 3.8) is 0 Å². The number of rotatable bonds is 3. The third kappa shape index (κ3) is 2.36. The van der Waals surface area contributed by atoms with Gasteiger partial charge in [0.25, 0.3) is 0 Å². The minimum absolute atomic E-state index is 0.788. The molecule has 0 aliphatic carbocycles. The Kier molecular flexibility index (Phi) is 2.97. The molecule has 2 aromatic heterocycles. The van der Waals surface area contributed by atoms with Crippen LogP contribution in [0.25, 0.3) is 10.2 Å². The lowest BCUT2D eigenvalue weighted by Gasteiger charge is -1.92. The van der Waals surface area contributed by atoms with E-state index in [1.165, 1.54) is 0 Å². The number of para-hydroxylation sites is 1. The number of pyridine rings is 1. The van der Waals surface area contributed by atoms with E-state index in [1.807, 2.05) is 36.4 Å². The lowest BCUT2D eigenvalue weighted by atomic mass is 10.3. The van der Waals surface area contributed by atoms with Gasteiger partial charge in [-0.1, -0.05) is 29.5 Å². The molecule has 0 fully saturated rings. The summed E-state index contributed by atoms with van der Waals surface area (Å²) in [5.41, 5.74) is 4.87. The van der Waals surface area contributed by atoms with Gasteiger partial charge in [-0.2, -0.15) is 5.10 Å². The van der Waals surface area contributed by atoms with Crippen LogP contribution in [0.5, 0.6) is 0 Å². The van der Waals surface area contributed by atoms with Gasteiger partial charge >= 0.3 is 0 Å². The standard InChI is InChI=1S/C13H10N4S/c1-2-6-12-11(5-1)16-13(18-12)17-15-9-10-4-3-7-14-8-10/h1-9H,(H,16,17). The summed E-state index contributed by atoms with van der Waals surface area (Å²) < 4.78 is 1.15. The number of thiazole rings is 1. The summed E-state index contributed by atoms with van der Waals surface area (Å²) in [6.07, 6.45) is 5.21. The van der Waals surface area contributed by atoms with E-state index >= 15 is 0 Å². The van der Waals surface area contributed by atoms with Crippen molar-refractivity contribution in [2.75, 3.05) is 5.43 Å². The Labute approximate surface area is 108 Å². The van der Waals surface area contributed by atoms with E-state index in [0.29, 0.717) is 0 Å². The van der Waals surface area contributed by atoms with Crippen molar-refractivity contribution in [3.8, 4) is 0 Å². The highest BCUT2D eigenvalue weighted by Crippen LogP contribution is 2.25. The Bertz CT molecular complexity index is 643. The number of hydrogen-bond acceptors (Lipinski definition) is 5. The third-order valence-electron chi connectivity index (χ3n) is 2.35. The molecule has 0 aliphatic rings. The molecule has 0 bridgehead atoms. The van der Waals surface area contributed by atoms with E-state index in [0.717, 1.165) is 20.9 Å². The molecule has 2 heterocycles. The maximum Gasteiger partial charge on any atom is 0.204 e. The van der Waals surface area contributed by atoms with Gasteiger partial charge in [-0.15, -0.1) is 0 Å². The monoisotopic (exact) mass is 254 g/mol. The van der Waals surface area contributed by atoms with Gasteiger partial charge in [0.1, 0.15) is 0 Å². The number of anilines is 1. The molecule has 5 heteroatoms. The first-order chi connectivity index (χ1) is 8.92. The molecule has 3 aromatic rings. The van der Waals surface area contributed by atoms with Crippen LogP contribution in [-0.2, 0) is 0 Å². The van der Waals surface area contributed by atoms with Crippen LogP contribution in [0.2, 0.25) is 0 Å². The van der Waals surface area contributed by atoms with Gasteiger partial charge < -0.3 is 0 Å². The van der Waals surface area contributed by atoms with Crippen LogP contribution in [-0.4, -0.2) is 16.2 Å². The van der Waals surface area contributed by atoms with Gasteiger partial charge in [-0.25, -0.2) is 4.98 Å². The van der Waals surface area contributed by atoms with Crippen LogP contribution in [0.4, 0.5) is 5.13 Å². The Morgan fingerprint density at radius 2 is 2.11 bits per heavy atom. The largest absolute Gasteiger partial charge is 0.264 e. The Morgan fingerprint density at radius 1 is 1.17 bits per heavy atom. The fraction of sp³-hybridized carbons (Fsp3) is 0. The second-order valence-corrected chi connectivity index (χ2v) is 4.67. The zero-order valence-corrected chi connectivity index (χ0v) is 10.3. The fourth-order valence-electron chi connectivity index (χ4n) is 1.53. The van der Waals surface area contributed by atoms with Crippen LogP contribution in [0.1, 0.15) is 5.56 Å². The lowest BCUT2D eigenvalue weighted by Crippen LogP contribution is -1.89. The van der Waals surface area contributed by atoms with Crippen LogP contribution in [0, 0.1) is 0 Å². The smallest absolute Gasteiger partial charge is 0.204 e. The van der Waals surface area contributed by atoms with Crippen molar-refractivity contribution in [2.45, 2.75) is 0 Å². The first-order valence-corrected chi connectivity index (χ1v) is 6.28. The summed E-state index contributed by atoms with van der Waals surface area (Å²) in [6.45, 7) is 0. The predicted octanol–water partition coefficient (Wildman–Crippen LogP) is 3.14. The van der Waals surface area contributed by atoms with Gasteiger partial charge in [0.2, 0.25) is 5.13 Å². The van der Waals surface area contributed by atoms with E-state index in [2.05, 4.69) is 20.5 Å². The zero-order valence-electron chi connectivity index (χ0n) is 9.45. The average Bonchev–Trinajstić information content (AvgIpc) is 2.82. The van der Waals surface area contributed by atoms with E-state index < -0.39 is 0 Å². The average molecular weight is 254 g/mol. The minimum atomic E-state index is 0.788. The van der Waals surface area contributed by atoms with Crippen molar-refractivity contribution in [2.24, 2.45) is 5.10 Å². The molecular formula is C13H10N4S. The summed E-state index contributed by atoms with van der Waals surface area (Å²) in [5.74, 6) is 0. The van der Waals surface area contributed by atoms with Gasteiger partial charge in [-0.05, 0) is 18.2 Å². The maximum absolute atomic E-state index is 4.42. The van der Waals surface area contributed by atoms with Gasteiger partial charge in [0.05, 0.1) is 16.4 Å². The number of nitrogens with zero attached hydrogens (tertiary/aromatic N) is 3. The molecule has 0 aliphatic heterocycles. The van der Waals surface area contributed by atoms with Crippen LogP contribution in [0.15, 0.2) is 53.9 Å². The Balaban J connectivity index is 1.75. The number of fused-ring (bicyclic) bond motifs is 1. The zero-order chi connectivity index (χ0) is 12.2. The summed E-state index contributed by atoms with van der Waals surface area (Å²) >= 11 is 1.58. The highest BCUT2D eigenvalue weighted by molar-refractivity contribution is 7.22. The molecule has 4 nitrogen and oxygen atoms in total. The normalized spacial score (nSPS) is 11.1. The SMILES string of the molecule is C(=NNc1nc2ccccc2s1)c1cccnc1. The van der Waals surface area contributed by atoms with E-state index in [4.69, 9.17) is 0 Å². The van der Waals surface area contributed by atoms with Gasteiger partial charge in [-0.3, -0.25) is 10.4 Å². The van der Waals surface area contributed by atoms with E-state index in [9.17, 15) is 0 Å². The van der Waals surface area contributed by atoms with Crippen LogP contribution < -0.4 is 5.43 Å². The fourth-order valence-corrected chi connectivity index (χ4v) is 2.35. The molecule has 0 saturated carbocycles. The lowest BCUT2D eigenvalue weighted by molar-refractivity contribution is 1.29. The van der Waals surface area contributed by atoms with Crippen molar-refractivity contribution >= 4 is 32.9 Å². The number of benzene rings is 1. The summed E-state index contributed by atoms with van der Waals surface area (Å²) in [4.78, 5) is 8.43. The third-order valence-corrected chi connectivity index (χ3v) is 3.29. The highest BCUT2D eigenvalue weighted by Gasteiger charge is 2.00. The van der Waals surface area contributed by atoms with E-state index in [-0.39, 0.29) is 0 Å². The molecule has 1 aromatic carbocycles.